The fourth-order valence-corrected chi connectivity index (χ4v) is 1.09. The SMILES string of the molecule is Cc1c(CO)ncc(O)c1C(F)F. The summed E-state index contributed by atoms with van der Waals surface area (Å²) in [6.07, 6.45) is -1.84. The summed E-state index contributed by atoms with van der Waals surface area (Å²) < 4.78 is 24.7. The number of pyridine rings is 1. The van der Waals surface area contributed by atoms with E-state index in [1.165, 1.54) is 6.92 Å². The average molecular weight is 189 g/mol. The highest BCUT2D eigenvalue weighted by molar-refractivity contribution is 5.39. The van der Waals surface area contributed by atoms with Gasteiger partial charge in [-0.15, -0.1) is 0 Å². The van der Waals surface area contributed by atoms with Crippen LogP contribution in [0.25, 0.3) is 0 Å². The van der Waals surface area contributed by atoms with Crippen molar-refractivity contribution in [2.24, 2.45) is 0 Å². The summed E-state index contributed by atoms with van der Waals surface area (Å²) >= 11 is 0. The summed E-state index contributed by atoms with van der Waals surface area (Å²) in [5.74, 6) is -0.537. The van der Waals surface area contributed by atoms with Crippen molar-refractivity contribution in [3.05, 3.63) is 23.0 Å². The maximum absolute atomic E-state index is 12.3. The summed E-state index contributed by atoms with van der Waals surface area (Å²) in [6, 6.07) is 0. The normalized spacial score (nSPS) is 10.8. The van der Waals surface area contributed by atoms with E-state index >= 15 is 0 Å². The van der Waals surface area contributed by atoms with Gasteiger partial charge >= 0.3 is 0 Å². The fraction of sp³-hybridized carbons (Fsp3) is 0.375. The van der Waals surface area contributed by atoms with E-state index < -0.39 is 24.3 Å². The predicted molar refractivity (Wildman–Crippen MR) is 41.5 cm³/mol. The number of aliphatic hydroxyl groups is 1. The van der Waals surface area contributed by atoms with Crippen molar-refractivity contribution in [3.63, 3.8) is 0 Å². The third-order valence-electron chi connectivity index (χ3n) is 1.82. The molecule has 0 unspecified atom stereocenters. The molecule has 0 radical (unpaired) electrons. The molecule has 0 aromatic carbocycles. The van der Waals surface area contributed by atoms with E-state index in [4.69, 9.17) is 10.2 Å². The minimum Gasteiger partial charge on any atom is -0.506 e. The highest BCUT2D eigenvalue weighted by atomic mass is 19.3. The second kappa shape index (κ2) is 3.66. The first-order chi connectivity index (χ1) is 6.07. The van der Waals surface area contributed by atoms with Crippen molar-refractivity contribution in [2.75, 3.05) is 0 Å². The number of hydrogen-bond donors (Lipinski definition) is 2. The van der Waals surface area contributed by atoms with Crippen LogP contribution in [0.1, 0.15) is 23.2 Å². The van der Waals surface area contributed by atoms with Crippen LogP contribution in [0.2, 0.25) is 0 Å². The van der Waals surface area contributed by atoms with Gasteiger partial charge in [-0.1, -0.05) is 0 Å². The molecule has 0 aliphatic carbocycles. The smallest absolute Gasteiger partial charge is 0.267 e. The van der Waals surface area contributed by atoms with Crippen LogP contribution in [-0.4, -0.2) is 15.2 Å². The highest BCUT2D eigenvalue weighted by Gasteiger charge is 2.18. The molecule has 0 spiro atoms. The zero-order chi connectivity index (χ0) is 10.0. The van der Waals surface area contributed by atoms with Crippen molar-refractivity contribution >= 4 is 0 Å². The van der Waals surface area contributed by atoms with E-state index in [2.05, 4.69) is 4.98 Å². The van der Waals surface area contributed by atoms with E-state index in [-0.39, 0.29) is 11.3 Å². The number of rotatable bonds is 2. The molecule has 1 aromatic heterocycles. The van der Waals surface area contributed by atoms with Crippen LogP contribution in [0.15, 0.2) is 6.20 Å². The summed E-state index contributed by atoms with van der Waals surface area (Å²) in [5, 5.41) is 17.8. The number of nitrogens with zero attached hydrogens (tertiary/aromatic N) is 1. The first kappa shape index (κ1) is 9.85. The summed E-state index contributed by atoms with van der Waals surface area (Å²) in [5.41, 5.74) is -0.162. The molecule has 0 atom stereocenters. The van der Waals surface area contributed by atoms with Crippen molar-refractivity contribution in [1.82, 2.24) is 4.98 Å². The Bertz CT molecular complexity index is 315. The lowest BCUT2D eigenvalue weighted by atomic mass is 10.1. The Morgan fingerprint density at radius 3 is 2.62 bits per heavy atom. The lowest BCUT2D eigenvalue weighted by molar-refractivity contribution is 0.146. The van der Waals surface area contributed by atoms with Crippen LogP contribution in [0, 0.1) is 6.92 Å². The third kappa shape index (κ3) is 1.75. The number of aromatic nitrogens is 1. The van der Waals surface area contributed by atoms with Crippen molar-refractivity contribution in [1.29, 1.82) is 0 Å². The molecular weight excluding hydrogens is 180 g/mol. The van der Waals surface area contributed by atoms with Gasteiger partial charge in [0, 0.05) is 0 Å². The first-order valence-electron chi connectivity index (χ1n) is 3.64. The van der Waals surface area contributed by atoms with Gasteiger partial charge in [0.25, 0.3) is 6.43 Å². The van der Waals surface area contributed by atoms with Crippen LogP contribution in [0.5, 0.6) is 5.75 Å². The molecule has 2 N–H and O–H groups in total. The Kier molecular flexibility index (Phi) is 2.77. The molecule has 0 aliphatic rings. The summed E-state index contributed by atoms with van der Waals surface area (Å²) in [4.78, 5) is 3.61. The van der Waals surface area contributed by atoms with Gasteiger partial charge in [-0.2, -0.15) is 0 Å². The number of aliphatic hydroxyl groups excluding tert-OH is 1. The molecule has 0 saturated carbocycles. The minimum atomic E-state index is -2.76. The molecule has 1 heterocycles. The molecule has 0 aliphatic heterocycles. The van der Waals surface area contributed by atoms with E-state index in [0.717, 1.165) is 6.20 Å². The van der Waals surface area contributed by atoms with E-state index in [1.807, 2.05) is 0 Å². The lowest BCUT2D eigenvalue weighted by Gasteiger charge is -2.09. The number of aromatic hydroxyl groups is 1. The minimum absolute atomic E-state index is 0.137. The van der Waals surface area contributed by atoms with Crippen LogP contribution < -0.4 is 0 Å². The molecule has 0 fully saturated rings. The van der Waals surface area contributed by atoms with Crippen LogP contribution in [0.3, 0.4) is 0 Å². The fourth-order valence-electron chi connectivity index (χ4n) is 1.09. The Morgan fingerprint density at radius 2 is 2.15 bits per heavy atom. The van der Waals surface area contributed by atoms with Gasteiger partial charge in [-0.05, 0) is 12.5 Å². The maximum atomic E-state index is 12.3. The molecule has 1 rings (SSSR count). The van der Waals surface area contributed by atoms with Gasteiger partial charge in [-0.25, -0.2) is 8.78 Å². The van der Waals surface area contributed by atoms with Crippen molar-refractivity contribution < 1.29 is 19.0 Å². The van der Waals surface area contributed by atoms with Gasteiger partial charge in [0.15, 0.2) is 0 Å². The Labute approximate surface area is 73.7 Å². The van der Waals surface area contributed by atoms with E-state index in [0.29, 0.717) is 0 Å². The maximum Gasteiger partial charge on any atom is 0.267 e. The number of halogens is 2. The quantitative estimate of drug-likeness (QED) is 0.741. The largest absolute Gasteiger partial charge is 0.506 e. The molecule has 72 valence electrons. The van der Waals surface area contributed by atoms with Crippen molar-refractivity contribution in [2.45, 2.75) is 20.0 Å². The Balaban J connectivity index is 3.30. The molecular formula is C8H9F2NO2. The predicted octanol–water partition coefficient (Wildman–Crippen LogP) is 1.53. The molecule has 5 heteroatoms. The van der Waals surface area contributed by atoms with E-state index in [1.54, 1.807) is 0 Å². The first-order valence-corrected chi connectivity index (χ1v) is 3.64. The molecule has 1 aromatic rings. The zero-order valence-electron chi connectivity index (χ0n) is 6.96. The van der Waals surface area contributed by atoms with Gasteiger partial charge in [-0.3, -0.25) is 4.98 Å². The van der Waals surface area contributed by atoms with E-state index in [9.17, 15) is 8.78 Å². The van der Waals surface area contributed by atoms with Gasteiger partial charge in [0.05, 0.1) is 24.1 Å². The topological polar surface area (TPSA) is 53.4 Å². The zero-order valence-corrected chi connectivity index (χ0v) is 6.96. The second-order valence-electron chi connectivity index (χ2n) is 2.59. The lowest BCUT2D eigenvalue weighted by Crippen LogP contribution is -1.99. The van der Waals surface area contributed by atoms with Crippen LogP contribution >= 0.6 is 0 Å². The molecule has 0 saturated heterocycles. The van der Waals surface area contributed by atoms with Gasteiger partial charge in [0.1, 0.15) is 5.75 Å². The second-order valence-corrected chi connectivity index (χ2v) is 2.59. The highest BCUT2D eigenvalue weighted by Crippen LogP contribution is 2.31. The summed E-state index contributed by atoms with van der Waals surface area (Å²) in [7, 11) is 0. The molecule has 3 nitrogen and oxygen atoms in total. The molecule has 13 heavy (non-hydrogen) atoms. The average Bonchev–Trinajstić information content (AvgIpc) is 2.04. The Morgan fingerprint density at radius 1 is 1.54 bits per heavy atom. The van der Waals surface area contributed by atoms with Gasteiger partial charge in [0.2, 0.25) is 0 Å². The monoisotopic (exact) mass is 189 g/mol. The summed E-state index contributed by atoms with van der Waals surface area (Å²) in [6.45, 7) is 0.978. The number of hydrogen-bond acceptors (Lipinski definition) is 3. The van der Waals surface area contributed by atoms with Crippen LogP contribution in [0.4, 0.5) is 8.78 Å². The third-order valence-corrected chi connectivity index (χ3v) is 1.82. The number of alkyl halides is 2. The molecule has 0 amide bonds. The Hall–Kier alpha value is -1.23. The standard InChI is InChI=1S/C8H9F2NO2/c1-4-5(3-12)11-2-6(13)7(4)8(9)10/h2,8,12-13H,3H2,1H3. The van der Waals surface area contributed by atoms with Crippen molar-refractivity contribution in [3.8, 4) is 5.75 Å². The molecule has 0 bridgehead atoms. The van der Waals surface area contributed by atoms with Gasteiger partial charge < -0.3 is 10.2 Å². The van der Waals surface area contributed by atoms with Crippen LogP contribution in [-0.2, 0) is 6.61 Å².